The number of aromatic carboxylic acids is 1. The number of nitrogens with zero attached hydrogens (tertiary/aromatic N) is 1. The Balaban J connectivity index is 2.58. The summed E-state index contributed by atoms with van der Waals surface area (Å²) in [4.78, 5) is 11.0. The molecule has 4 nitrogen and oxygen atoms in total. The number of carboxylic acids is 1. The van der Waals surface area contributed by atoms with Crippen LogP contribution in [0.15, 0.2) is 16.0 Å². The maximum Gasteiger partial charge on any atom is 0.341 e. The van der Waals surface area contributed by atoms with Gasteiger partial charge in [0.25, 0.3) is 0 Å². The summed E-state index contributed by atoms with van der Waals surface area (Å²) in [6.07, 6.45) is 0. The van der Waals surface area contributed by atoms with Crippen molar-refractivity contribution in [2.45, 2.75) is 6.92 Å². The van der Waals surface area contributed by atoms with Gasteiger partial charge in [0.1, 0.15) is 17.0 Å². The summed E-state index contributed by atoms with van der Waals surface area (Å²) in [5.41, 5.74) is 1.08. The van der Waals surface area contributed by atoms with E-state index in [0.29, 0.717) is 21.4 Å². The van der Waals surface area contributed by atoms with Gasteiger partial charge in [0.2, 0.25) is 0 Å². The van der Waals surface area contributed by atoms with Crippen LogP contribution >= 0.6 is 22.9 Å². The first-order valence-corrected chi connectivity index (χ1v) is 5.29. The topological polar surface area (TPSA) is 63.3 Å². The zero-order valence-electron chi connectivity index (χ0n) is 7.65. The Morgan fingerprint density at radius 1 is 1.67 bits per heavy atom. The van der Waals surface area contributed by atoms with Crippen LogP contribution in [0.3, 0.4) is 0 Å². The fourth-order valence-corrected chi connectivity index (χ4v) is 2.12. The van der Waals surface area contributed by atoms with Gasteiger partial charge in [-0.05, 0) is 13.0 Å². The van der Waals surface area contributed by atoms with Crippen LogP contribution in [0, 0.1) is 6.92 Å². The van der Waals surface area contributed by atoms with Crippen molar-refractivity contribution in [3.8, 4) is 11.3 Å². The molecule has 0 saturated carbocycles. The van der Waals surface area contributed by atoms with Crippen molar-refractivity contribution >= 4 is 28.9 Å². The number of carboxylic acid groups (broad SMARTS) is 1. The minimum absolute atomic E-state index is 0.0875. The van der Waals surface area contributed by atoms with Crippen LogP contribution in [0.5, 0.6) is 0 Å². The smallest absolute Gasteiger partial charge is 0.341 e. The van der Waals surface area contributed by atoms with Crippen molar-refractivity contribution in [2.75, 3.05) is 0 Å². The molecule has 0 atom stereocenters. The fraction of sp³-hybridized carbons (Fsp3) is 0.111. The highest BCUT2D eigenvalue weighted by molar-refractivity contribution is 7.14. The zero-order chi connectivity index (χ0) is 11.0. The average Bonchev–Trinajstić information content (AvgIpc) is 2.71. The molecule has 0 radical (unpaired) electrons. The minimum Gasteiger partial charge on any atom is -0.477 e. The largest absolute Gasteiger partial charge is 0.477 e. The number of carbonyl (C=O) groups is 1. The maximum atomic E-state index is 11.0. The van der Waals surface area contributed by atoms with E-state index < -0.39 is 5.97 Å². The molecule has 0 amide bonds. The Bertz CT molecular complexity index is 517. The number of aromatic nitrogens is 1. The number of hydrogen-bond donors (Lipinski definition) is 1. The molecule has 2 aromatic heterocycles. The summed E-state index contributed by atoms with van der Waals surface area (Å²) in [5.74, 6) is -0.758. The SMILES string of the molecule is Cc1onc(-c2csc(Cl)c2)c1C(=O)O. The molecule has 78 valence electrons. The van der Waals surface area contributed by atoms with E-state index >= 15 is 0 Å². The van der Waals surface area contributed by atoms with E-state index in [1.54, 1.807) is 18.4 Å². The molecule has 0 aliphatic heterocycles. The van der Waals surface area contributed by atoms with Crippen LogP contribution < -0.4 is 0 Å². The van der Waals surface area contributed by atoms with Gasteiger partial charge < -0.3 is 9.63 Å². The summed E-state index contributed by atoms with van der Waals surface area (Å²) in [6.45, 7) is 1.56. The highest BCUT2D eigenvalue weighted by Gasteiger charge is 2.21. The van der Waals surface area contributed by atoms with E-state index in [1.807, 2.05) is 0 Å². The van der Waals surface area contributed by atoms with Gasteiger partial charge in [-0.3, -0.25) is 0 Å². The minimum atomic E-state index is -1.05. The first kappa shape index (κ1) is 10.2. The van der Waals surface area contributed by atoms with E-state index in [2.05, 4.69) is 5.16 Å². The van der Waals surface area contributed by atoms with Crippen LogP contribution in [-0.2, 0) is 0 Å². The second-order valence-corrected chi connectivity index (χ2v) is 4.45. The van der Waals surface area contributed by atoms with E-state index in [9.17, 15) is 4.79 Å². The number of aryl methyl sites for hydroxylation is 1. The monoisotopic (exact) mass is 243 g/mol. The third-order valence-corrected chi connectivity index (χ3v) is 3.01. The molecule has 0 fully saturated rings. The van der Waals surface area contributed by atoms with Crippen LogP contribution in [0.4, 0.5) is 0 Å². The van der Waals surface area contributed by atoms with Gasteiger partial charge in [0, 0.05) is 10.9 Å². The number of hydrogen-bond acceptors (Lipinski definition) is 4. The van der Waals surface area contributed by atoms with Crippen LogP contribution in [0.2, 0.25) is 4.34 Å². The molecule has 1 N–H and O–H groups in total. The quantitative estimate of drug-likeness (QED) is 0.881. The molecule has 0 saturated heterocycles. The fourth-order valence-electron chi connectivity index (χ4n) is 1.26. The lowest BCUT2D eigenvalue weighted by Crippen LogP contribution is -1.98. The van der Waals surface area contributed by atoms with E-state index in [-0.39, 0.29) is 5.56 Å². The molecular formula is C9H6ClNO3S. The lowest BCUT2D eigenvalue weighted by molar-refractivity contribution is 0.0696. The van der Waals surface area contributed by atoms with Crippen molar-refractivity contribution in [1.29, 1.82) is 0 Å². The van der Waals surface area contributed by atoms with Gasteiger partial charge in [-0.25, -0.2) is 4.79 Å². The maximum absolute atomic E-state index is 11.0. The summed E-state index contributed by atoms with van der Waals surface area (Å²) >= 11 is 7.08. The molecule has 0 aliphatic carbocycles. The van der Waals surface area contributed by atoms with Crippen LogP contribution in [0.1, 0.15) is 16.1 Å². The normalized spacial score (nSPS) is 10.5. The van der Waals surface area contributed by atoms with Gasteiger partial charge in [-0.15, -0.1) is 11.3 Å². The molecule has 2 aromatic rings. The first-order valence-electron chi connectivity index (χ1n) is 4.03. The number of thiophene rings is 1. The van der Waals surface area contributed by atoms with Crippen molar-refractivity contribution in [3.05, 3.63) is 27.1 Å². The van der Waals surface area contributed by atoms with Gasteiger partial charge in [-0.2, -0.15) is 0 Å². The highest BCUT2D eigenvalue weighted by atomic mass is 35.5. The van der Waals surface area contributed by atoms with Crippen LogP contribution in [-0.4, -0.2) is 16.2 Å². The average molecular weight is 244 g/mol. The summed E-state index contributed by atoms with van der Waals surface area (Å²) in [7, 11) is 0. The van der Waals surface area contributed by atoms with Crippen molar-refractivity contribution < 1.29 is 14.4 Å². The van der Waals surface area contributed by atoms with Gasteiger partial charge in [0.15, 0.2) is 0 Å². The molecular weight excluding hydrogens is 238 g/mol. The predicted molar refractivity (Wildman–Crippen MR) is 56.5 cm³/mol. The molecule has 2 heterocycles. The van der Waals surface area contributed by atoms with Gasteiger partial charge in [-0.1, -0.05) is 16.8 Å². The van der Waals surface area contributed by atoms with Crippen LogP contribution in [0.25, 0.3) is 11.3 Å². The molecule has 0 unspecified atom stereocenters. The first-order chi connectivity index (χ1) is 7.09. The van der Waals surface area contributed by atoms with Crippen molar-refractivity contribution in [2.24, 2.45) is 0 Å². The number of rotatable bonds is 2. The molecule has 15 heavy (non-hydrogen) atoms. The third kappa shape index (κ3) is 1.75. The summed E-state index contributed by atoms with van der Waals surface area (Å²) in [5, 5.41) is 14.4. The second kappa shape index (κ2) is 3.67. The third-order valence-electron chi connectivity index (χ3n) is 1.92. The van der Waals surface area contributed by atoms with Gasteiger partial charge >= 0.3 is 5.97 Å². The molecule has 2 rings (SSSR count). The van der Waals surface area contributed by atoms with Gasteiger partial charge in [0.05, 0.1) is 4.34 Å². The Hall–Kier alpha value is -1.33. The summed E-state index contributed by atoms with van der Waals surface area (Å²) < 4.78 is 5.44. The molecule has 0 bridgehead atoms. The molecule has 0 aliphatic rings. The lowest BCUT2D eigenvalue weighted by atomic mass is 10.1. The Kier molecular flexibility index (Phi) is 2.50. The molecule has 6 heteroatoms. The zero-order valence-corrected chi connectivity index (χ0v) is 9.22. The van der Waals surface area contributed by atoms with Crippen molar-refractivity contribution in [3.63, 3.8) is 0 Å². The Morgan fingerprint density at radius 3 is 2.93 bits per heavy atom. The number of halogens is 1. The Morgan fingerprint density at radius 2 is 2.40 bits per heavy atom. The standard InChI is InChI=1S/C9H6ClNO3S/c1-4-7(9(12)13)8(11-14-4)5-2-6(10)15-3-5/h2-3H,1H3,(H,12,13). The lowest BCUT2D eigenvalue weighted by Gasteiger charge is -1.92. The second-order valence-electron chi connectivity index (χ2n) is 2.91. The van der Waals surface area contributed by atoms with E-state index in [4.69, 9.17) is 21.2 Å². The van der Waals surface area contributed by atoms with E-state index in [0.717, 1.165) is 0 Å². The molecule has 0 spiro atoms. The predicted octanol–water partition coefficient (Wildman–Crippen LogP) is 3.06. The van der Waals surface area contributed by atoms with Crippen molar-refractivity contribution in [1.82, 2.24) is 5.16 Å². The highest BCUT2D eigenvalue weighted by Crippen LogP contribution is 2.31. The Labute approximate surface area is 94.1 Å². The summed E-state index contributed by atoms with van der Waals surface area (Å²) in [6, 6.07) is 1.66. The van der Waals surface area contributed by atoms with E-state index in [1.165, 1.54) is 11.3 Å². The molecule has 0 aromatic carbocycles.